The SMILES string of the molecule is CCNC(=O)C(=O)N/N=C\c1ccc(OCC(=O)[O-])c(Br)c1. The number of carboxylic acid groups (broad SMARTS) is 1. The Kier molecular flexibility index (Phi) is 7.03. The van der Waals surface area contributed by atoms with Gasteiger partial charge in [0.25, 0.3) is 0 Å². The third-order valence-corrected chi connectivity index (χ3v) is 2.84. The number of nitrogens with one attached hydrogen (secondary N) is 2. The van der Waals surface area contributed by atoms with Crippen LogP contribution in [0.25, 0.3) is 0 Å². The third kappa shape index (κ3) is 5.92. The van der Waals surface area contributed by atoms with Crippen molar-refractivity contribution in [1.82, 2.24) is 10.7 Å². The molecule has 0 heterocycles. The van der Waals surface area contributed by atoms with E-state index in [-0.39, 0.29) is 0 Å². The van der Waals surface area contributed by atoms with Gasteiger partial charge in [0.1, 0.15) is 12.4 Å². The first-order valence-electron chi connectivity index (χ1n) is 6.17. The van der Waals surface area contributed by atoms with Crippen molar-refractivity contribution in [3.8, 4) is 5.75 Å². The number of halogens is 1. The average Bonchev–Trinajstić information content (AvgIpc) is 2.46. The van der Waals surface area contributed by atoms with Gasteiger partial charge in [-0.05, 0) is 46.6 Å². The number of nitrogens with zero attached hydrogens (tertiary/aromatic N) is 1. The number of hydrogen-bond donors (Lipinski definition) is 2. The minimum absolute atomic E-state index is 0.327. The topological polar surface area (TPSA) is 120 Å². The van der Waals surface area contributed by atoms with E-state index in [0.717, 1.165) is 0 Å². The van der Waals surface area contributed by atoms with E-state index < -0.39 is 24.4 Å². The van der Waals surface area contributed by atoms with Gasteiger partial charge in [-0.1, -0.05) is 0 Å². The van der Waals surface area contributed by atoms with Crippen molar-refractivity contribution in [3.63, 3.8) is 0 Å². The average molecular weight is 371 g/mol. The molecule has 0 aliphatic heterocycles. The molecule has 0 aliphatic carbocycles. The van der Waals surface area contributed by atoms with E-state index in [1.165, 1.54) is 12.3 Å². The lowest BCUT2D eigenvalue weighted by atomic mass is 10.2. The largest absolute Gasteiger partial charge is 0.546 e. The Morgan fingerprint density at radius 1 is 1.36 bits per heavy atom. The number of carbonyl (C=O) groups excluding carboxylic acids is 3. The Labute approximate surface area is 134 Å². The highest BCUT2D eigenvalue weighted by Crippen LogP contribution is 2.25. The lowest BCUT2D eigenvalue weighted by Crippen LogP contribution is -2.37. The summed E-state index contributed by atoms with van der Waals surface area (Å²) in [6, 6.07) is 4.73. The number of benzene rings is 1. The number of likely N-dealkylation sites (N-methyl/N-ethyl adjacent to an activating group) is 1. The molecular formula is C13H13BrN3O5-. The van der Waals surface area contributed by atoms with Crippen LogP contribution in [0, 0.1) is 0 Å². The van der Waals surface area contributed by atoms with Crippen molar-refractivity contribution in [1.29, 1.82) is 0 Å². The van der Waals surface area contributed by atoms with Gasteiger partial charge in [-0.3, -0.25) is 9.59 Å². The number of hydrogen-bond acceptors (Lipinski definition) is 6. The fraction of sp³-hybridized carbons (Fsp3) is 0.231. The summed E-state index contributed by atoms with van der Waals surface area (Å²) < 4.78 is 5.49. The molecule has 0 atom stereocenters. The van der Waals surface area contributed by atoms with Gasteiger partial charge in [-0.15, -0.1) is 0 Å². The van der Waals surface area contributed by atoms with Crippen LogP contribution < -0.4 is 20.6 Å². The van der Waals surface area contributed by atoms with E-state index >= 15 is 0 Å². The van der Waals surface area contributed by atoms with Crippen LogP contribution in [0.5, 0.6) is 5.75 Å². The highest BCUT2D eigenvalue weighted by atomic mass is 79.9. The van der Waals surface area contributed by atoms with Crippen LogP contribution in [-0.2, 0) is 14.4 Å². The van der Waals surface area contributed by atoms with Crippen molar-refractivity contribution in [2.75, 3.05) is 13.2 Å². The van der Waals surface area contributed by atoms with E-state index in [1.807, 2.05) is 0 Å². The summed E-state index contributed by atoms with van der Waals surface area (Å²) in [6.07, 6.45) is 1.32. The van der Waals surface area contributed by atoms with Gasteiger partial charge in [0.15, 0.2) is 0 Å². The normalized spacial score (nSPS) is 10.3. The van der Waals surface area contributed by atoms with Gasteiger partial charge < -0.3 is 20.0 Å². The number of amides is 2. The van der Waals surface area contributed by atoms with Crippen LogP contribution >= 0.6 is 15.9 Å². The zero-order chi connectivity index (χ0) is 16.5. The van der Waals surface area contributed by atoms with Gasteiger partial charge in [0, 0.05) is 6.54 Å². The number of carboxylic acids is 1. The zero-order valence-corrected chi connectivity index (χ0v) is 13.2. The van der Waals surface area contributed by atoms with E-state index in [9.17, 15) is 19.5 Å². The molecule has 8 nitrogen and oxygen atoms in total. The van der Waals surface area contributed by atoms with Crippen molar-refractivity contribution < 1.29 is 24.2 Å². The number of hydrazone groups is 1. The van der Waals surface area contributed by atoms with Gasteiger partial charge in [0.2, 0.25) is 0 Å². The van der Waals surface area contributed by atoms with Crippen LogP contribution in [0.15, 0.2) is 27.8 Å². The van der Waals surface area contributed by atoms with Crippen LogP contribution in [-0.4, -0.2) is 37.1 Å². The molecule has 0 aromatic heterocycles. The molecule has 0 spiro atoms. The second-order valence-corrected chi connectivity index (χ2v) is 4.76. The maximum Gasteiger partial charge on any atom is 0.329 e. The number of carbonyl (C=O) groups is 3. The molecule has 1 aromatic rings. The molecule has 0 saturated carbocycles. The number of aliphatic carboxylic acids is 1. The third-order valence-electron chi connectivity index (χ3n) is 2.22. The lowest BCUT2D eigenvalue weighted by Gasteiger charge is -2.08. The highest BCUT2D eigenvalue weighted by Gasteiger charge is 2.10. The fourth-order valence-corrected chi connectivity index (χ4v) is 1.82. The molecule has 118 valence electrons. The Bertz CT molecular complexity index is 603. The molecule has 2 N–H and O–H groups in total. The second-order valence-electron chi connectivity index (χ2n) is 3.91. The summed E-state index contributed by atoms with van der Waals surface area (Å²) in [5.41, 5.74) is 2.68. The first kappa shape index (κ1) is 17.6. The monoisotopic (exact) mass is 370 g/mol. The number of ether oxygens (including phenoxy) is 1. The fourth-order valence-electron chi connectivity index (χ4n) is 1.31. The molecule has 1 aromatic carbocycles. The molecule has 0 bridgehead atoms. The van der Waals surface area contributed by atoms with E-state index in [0.29, 0.717) is 22.3 Å². The quantitative estimate of drug-likeness (QED) is 0.384. The van der Waals surface area contributed by atoms with Gasteiger partial charge >= 0.3 is 11.8 Å². The Hall–Kier alpha value is -2.42. The summed E-state index contributed by atoms with van der Waals surface area (Å²) in [6.45, 7) is 1.47. The predicted octanol–water partition coefficient (Wildman–Crippen LogP) is -0.836. The zero-order valence-electron chi connectivity index (χ0n) is 11.6. The maximum atomic E-state index is 11.3. The molecule has 0 saturated heterocycles. The molecular weight excluding hydrogens is 358 g/mol. The highest BCUT2D eigenvalue weighted by molar-refractivity contribution is 9.10. The first-order valence-corrected chi connectivity index (χ1v) is 6.96. The van der Waals surface area contributed by atoms with Crippen LogP contribution in [0.3, 0.4) is 0 Å². The van der Waals surface area contributed by atoms with Gasteiger partial charge in [-0.2, -0.15) is 5.10 Å². The minimum atomic E-state index is -1.33. The Balaban J connectivity index is 2.61. The van der Waals surface area contributed by atoms with Crippen molar-refractivity contribution in [2.45, 2.75) is 6.92 Å². The van der Waals surface area contributed by atoms with E-state index in [4.69, 9.17) is 4.74 Å². The molecule has 0 aliphatic rings. The maximum absolute atomic E-state index is 11.3. The van der Waals surface area contributed by atoms with Crippen molar-refractivity contribution in [2.24, 2.45) is 5.10 Å². The predicted molar refractivity (Wildman–Crippen MR) is 79.1 cm³/mol. The molecule has 0 radical (unpaired) electrons. The molecule has 0 unspecified atom stereocenters. The van der Waals surface area contributed by atoms with Crippen LogP contribution in [0.2, 0.25) is 0 Å². The van der Waals surface area contributed by atoms with Crippen molar-refractivity contribution in [3.05, 3.63) is 28.2 Å². The van der Waals surface area contributed by atoms with Crippen molar-refractivity contribution >= 4 is 39.9 Å². The summed E-state index contributed by atoms with van der Waals surface area (Å²) in [5, 5.41) is 16.3. The lowest BCUT2D eigenvalue weighted by molar-refractivity contribution is -0.307. The molecule has 0 fully saturated rings. The molecule has 2 amide bonds. The Morgan fingerprint density at radius 2 is 2.09 bits per heavy atom. The standard InChI is InChI=1S/C13H14BrN3O5/c1-2-15-12(20)13(21)17-16-6-8-3-4-10(9(14)5-8)22-7-11(18)19/h3-6H,2,7H2,1H3,(H,15,20)(H,17,21)(H,18,19)/p-1/b16-6-. The second kappa shape index (κ2) is 8.78. The first-order chi connectivity index (χ1) is 10.4. The van der Waals surface area contributed by atoms with E-state index in [1.54, 1.807) is 19.1 Å². The summed E-state index contributed by atoms with van der Waals surface area (Å²) in [7, 11) is 0. The number of rotatable bonds is 6. The smallest absolute Gasteiger partial charge is 0.329 e. The van der Waals surface area contributed by atoms with Gasteiger partial charge in [-0.25, -0.2) is 5.43 Å². The minimum Gasteiger partial charge on any atom is -0.546 e. The molecule has 1 rings (SSSR count). The molecule has 22 heavy (non-hydrogen) atoms. The molecule has 9 heteroatoms. The van der Waals surface area contributed by atoms with Crippen LogP contribution in [0.4, 0.5) is 0 Å². The Morgan fingerprint density at radius 3 is 2.68 bits per heavy atom. The summed E-state index contributed by atoms with van der Waals surface area (Å²) >= 11 is 3.21. The van der Waals surface area contributed by atoms with Gasteiger partial charge in [0.05, 0.1) is 16.7 Å². The summed E-state index contributed by atoms with van der Waals surface area (Å²) in [4.78, 5) is 32.7. The van der Waals surface area contributed by atoms with E-state index in [2.05, 4.69) is 31.8 Å². The van der Waals surface area contributed by atoms with Crippen LogP contribution in [0.1, 0.15) is 12.5 Å². The summed E-state index contributed by atoms with van der Waals surface area (Å²) in [5.74, 6) is -2.64.